The van der Waals surface area contributed by atoms with Crippen LogP contribution in [-0.2, 0) is 4.79 Å². The Hall–Kier alpha value is -0.220. The molecule has 1 amide bonds. The molecule has 2 atom stereocenters. The summed E-state index contributed by atoms with van der Waals surface area (Å²) in [6.45, 7) is 3.77. The molecular formula is C10H21NO2S. The summed E-state index contributed by atoms with van der Waals surface area (Å²) in [4.78, 5) is 11.4. The fourth-order valence-corrected chi connectivity index (χ4v) is 1.82. The number of carbonyl (C=O) groups is 1. The zero-order valence-electron chi connectivity index (χ0n) is 9.25. The lowest BCUT2D eigenvalue weighted by Gasteiger charge is -2.15. The molecule has 0 aliphatic carbocycles. The minimum absolute atomic E-state index is 0.0480. The molecule has 2 N–H and O–H groups in total. The van der Waals surface area contributed by atoms with E-state index in [0.29, 0.717) is 12.8 Å². The van der Waals surface area contributed by atoms with Crippen LogP contribution < -0.4 is 5.32 Å². The smallest absolute Gasteiger partial charge is 0.220 e. The number of hydrogen-bond donors (Lipinski definition) is 2. The Bertz CT molecular complexity index is 162. The number of hydrogen-bond acceptors (Lipinski definition) is 3. The van der Waals surface area contributed by atoms with Crippen molar-refractivity contribution in [2.24, 2.45) is 0 Å². The highest BCUT2D eigenvalue weighted by molar-refractivity contribution is 7.98. The zero-order valence-corrected chi connectivity index (χ0v) is 10.1. The minimum atomic E-state index is -0.388. The predicted octanol–water partition coefficient (Wildman–Crippen LogP) is 1.41. The van der Waals surface area contributed by atoms with Gasteiger partial charge in [0.15, 0.2) is 0 Å². The van der Waals surface area contributed by atoms with Crippen LogP contribution >= 0.6 is 11.8 Å². The van der Waals surface area contributed by atoms with Crippen molar-refractivity contribution in [3.05, 3.63) is 0 Å². The number of carbonyl (C=O) groups excluding carboxylic acids is 1. The minimum Gasteiger partial charge on any atom is -0.393 e. The van der Waals surface area contributed by atoms with Crippen molar-refractivity contribution >= 4 is 17.7 Å². The van der Waals surface area contributed by atoms with Crippen molar-refractivity contribution in [3.8, 4) is 0 Å². The molecular weight excluding hydrogens is 198 g/mol. The van der Waals surface area contributed by atoms with Gasteiger partial charge in [-0.3, -0.25) is 4.79 Å². The molecule has 14 heavy (non-hydrogen) atoms. The first-order valence-electron chi connectivity index (χ1n) is 5.06. The van der Waals surface area contributed by atoms with E-state index < -0.39 is 0 Å². The van der Waals surface area contributed by atoms with Crippen LogP contribution in [0.2, 0.25) is 0 Å². The summed E-state index contributed by atoms with van der Waals surface area (Å²) in [5.74, 6) is 1.00. The number of aliphatic hydroxyl groups is 1. The molecule has 0 saturated heterocycles. The van der Waals surface area contributed by atoms with Crippen LogP contribution in [0.4, 0.5) is 0 Å². The van der Waals surface area contributed by atoms with Gasteiger partial charge in [-0.2, -0.15) is 11.8 Å². The van der Waals surface area contributed by atoms with Gasteiger partial charge >= 0.3 is 0 Å². The van der Waals surface area contributed by atoms with Gasteiger partial charge in [0.1, 0.15) is 0 Å². The lowest BCUT2D eigenvalue weighted by atomic mass is 10.2. The van der Waals surface area contributed by atoms with Crippen molar-refractivity contribution < 1.29 is 9.90 Å². The largest absolute Gasteiger partial charge is 0.393 e. The fourth-order valence-electron chi connectivity index (χ4n) is 1.10. The number of thioether (sulfide) groups is 1. The molecule has 0 aliphatic rings. The van der Waals surface area contributed by atoms with E-state index in [1.807, 2.05) is 6.26 Å². The molecule has 0 rings (SSSR count). The lowest BCUT2D eigenvalue weighted by molar-refractivity contribution is -0.122. The first-order chi connectivity index (χ1) is 6.60. The highest BCUT2D eigenvalue weighted by atomic mass is 32.2. The maximum absolute atomic E-state index is 11.4. The summed E-state index contributed by atoms with van der Waals surface area (Å²) in [5.41, 5.74) is 0. The van der Waals surface area contributed by atoms with Crippen LogP contribution in [0.5, 0.6) is 0 Å². The average Bonchev–Trinajstić information content (AvgIpc) is 2.14. The molecule has 0 saturated carbocycles. The molecule has 0 aromatic heterocycles. The van der Waals surface area contributed by atoms with E-state index in [9.17, 15) is 4.79 Å². The molecule has 0 aliphatic heterocycles. The Morgan fingerprint density at radius 3 is 2.64 bits per heavy atom. The highest BCUT2D eigenvalue weighted by Gasteiger charge is 2.10. The molecule has 0 bridgehead atoms. The van der Waals surface area contributed by atoms with E-state index in [4.69, 9.17) is 5.11 Å². The summed E-state index contributed by atoms with van der Waals surface area (Å²) < 4.78 is 0. The Labute approximate surface area is 90.7 Å². The van der Waals surface area contributed by atoms with Gasteiger partial charge in [-0.05, 0) is 26.0 Å². The molecule has 0 heterocycles. The Morgan fingerprint density at radius 2 is 2.21 bits per heavy atom. The first kappa shape index (κ1) is 13.8. The molecule has 0 fully saturated rings. The third-order valence-corrected chi connectivity index (χ3v) is 2.75. The Balaban J connectivity index is 3.67. The number of nitrogens with one attached hydrogen (secondary N) is 1. The number of rotatable bonds is 7. The lowest BCUT2D eigenvalue weighted by Crippen LogP contribution is -2.36. The third-order valence-electron chi connectivity index (χ3n) is 2.01. The van der Waals surface area contributed by atoms with Crippen molar-refractivity contribution in [3.63, 3.8) is 0 Å². The molecule has 2 unspecified atom stereocenters. The third kappa shape index (κ3) is 7.21. The maximum Gasteiger partial charge on any atom is 0.220 e. The van der Waals surface area contributed by atoms with Crippen LogP contribution in [0.15, 0.2) is 0 Å². The molecule has 4 heteroatoms. The molecule has 0 aromatic carbocycles. The Morgan fingerprint density at radius 1 is 1.57 bits per heavy atom. The van der Waals surface area contributed by atoms with Crippen LogP contribution in [0.3, 0.4) is 0 Å². The number of amides is 1. The van der Waals surface area contributed by atoms with Crippen LogP contribution in [0.25, 0.3) is 0 Å². The molecule has 0 radical (unpaired) electrons. The molecule has 84 valence electrons. The topological polar surface area (TPSA) is 49.3 Å². The van der Waals surface area contributed by atoms with E-state index >= 15 is 0 Å². The first-order valence-corrected chi connectivity index (χ1v) is 6.45. The highest BCUT2D eigenvalue weighted by Crippen LogP contribution is 2.02. The van der Waals surface area contributed by atoms with Crippen molar-refractivity contribution in [2.45, 2.75) is 45.3 Å². The summed E-state index contributed by atoms with van der Waals surface area (Å²) in [6, 6.07) is 0.270. The zero-order chi connectivity index (χ0) is 11.0. The van der Waals surface area contributed by atoms with Crippen LogP contribution in [-0.4, -0.2) is 35.2 Å². The standard InChI is InChI=1S/C10H21NO2S/c1-4-9(7-14-3)11-10(13)6-5-8(2)12/h8-9,12H,4-7H2,1-3H3,(H,11,13). The predicted molar refractivity (Wildman–Crippen MR) is 61.5 cm³/mol. The summed E-state index contributed by atoms with van der Waals surface area (Å²) in [7, 11) is 0. The second kappa shape index (κ2) is 8.12. The average molecular weight is 219 g/mol. The summed E-state index contributed by atoms with van der Waals surface area (Å²) in [5, 5.41) is 12.0. The normalized spacial score (nSPS) is 14.9. The van der Waals surface area contributed by atoms with Crippen LogP contribution in [0.1, 0.15) is 33.1 Å². The van der Waals surface area contributed by atoms with Gasteiger partial charge < -0.3 is 10.4 Å². The molecule has 3 nitrogen and oxygen atoms in total. The quantitative estimate of drug-likeness (QED) is 0.680. The van der Waals surface area contributed by atoms with E-state index in [2.05, 4.69) is 12.2 Å². The van der Waals surface area contributed by atoms with E-state index in [-0.39, 0.29) is 18.1 Å². The van der Waals surface area contributed by atoms with E-state index in [1.54, 1.807) is 18.7 Å². The number of aliphatic hydroxyl groups excluding tert-OH is 1. The van der Waals surface area contributed by atoms with E-state index in [0.717, 1.165) is 12.2 Å². The van der Waals surface area contributed by atoms with Gasteiger partial charge in [0, 0.05) is 18.2 Å². The van der Waals surface area contributed by atoms with Gasteiger partial charge in [0.05, 0.1) is 6.10 Å². The maximum atomic E-state index is 11.4. The van der Waals surface area contributed by atoms with Crippen LogP contribution in [0, 0.1) is 0 Å². The van der Waals surface area contributed by atoms with Gasteiger partial charge in [0.25, 0.3) is 0 Å². The van der Waals surface area contributed by atoms with Gasteiger partial charge in [0.2, 0.25) is 5.91 Å². The molecule has 0 spiro atoms. The Kier molecular flexibility index (Phi) is 7.99. The van der Waals surface area contributed by atoms with Gasteiger partial charge in [-0.15, -0.1) is 0 Å². The van der Waals surface area contributed by atoms with Gasteiger partial charge in [-0.1, -0.05) is 6.92 Å². The SMILES string of the molecule is CCC(CSC)NC(=O)CCC(C)O. The van der Waals surface area contributed by atoms with Crippen molar-refractivity contribution in [1.82, 2.24) is 5.32 Å². The monoisotopic (exact) mass is 219 g/mol. The second-order valence-electron chi connectivity index (χ2n) is 3.52. The van der Waals surface area contributed by atoms with E-state index in [1.165, 1.54) is 0 Å². The molecule has 0 aromatic rings. The summed E-state index contributed by atoms with van der Waals surface area (Å²) >= 11 is 1.74. The second-order valence-corrected chi connectivity index (χ2v) is 4.43. The van der Waals surface area contributed by atoms with Crippen molar-refractivity contribution in [1.29, 1.82) is 0 Å². The fraction of sp³-hybridized carbons (Fsp3) is 0.900. The summed E-state index contributed by atoms with van der Waals surface area (Å²) in [6.07, 6.45) is 3.57. The van der Waals surface area contributed by atoms with Crippen molar-refractivity contribution in [2.75, 3.05) is 12.0 Å². The van der Waals surface area contributed by atoms with Gasteiger partial charge in [-0.25, -0.2) is 0 Å².